The topological polar surface area (TPSA) is 41.1 Å². The van der Waals surface area contributed by atoms with Gasteiger partial charge in [0.2, 0.25) is 5.91 Å². The molecule has 120 valence electrons. The molecule has 1 aliphatic rings. The molecule has 1 amide bonds. The van der Waals surface area contributed by atoms with E-state index in [1.54, 1.807) is 0 Å². The molecule has 3 rings (SSSR count). The third kappa shape index (κ3) is 4.35. The molecule has 0 aromatic heterocycles. The van der Waals surface area contributed by atoms with Gasteiger partial charge in [0, 0.05) is 11.4 Å². The summed E-state index contributed by atoms with van der Waals surface area (Å²) in [4.78, 5) is 12.8. The van der Waals surface area contributed by atoms with E-state index in [1.807, 2.05) is 60.7 Å². The van der Waals surface area contributed by atoms with Crippen LogP contribution >= 0.6 is 0 Å². The van der Waals surface area contributed by atoms with Gasteiger partial charge in [0.15, 0.2) is 0 Å². The number of nitrogens with one attached hydrogen (secondary N) is 2. The second-order valence-corrected chi connectivity index (χ2v) is 6.24. The Morgan fingerprint density at radius 1 is 0.826 bits per heavy atom. The van der Waals surface area contributed by atoms with Crippen LogP contribution in [-0.2, 0) is 4.79 Å². The van der Waals surface area contributed by atoms with Crippen molar-refractivity contribution in [2.24, 2.45) is 5.92 Å². The molecule has 2 aromatic carbocycles. The number of rotatable bonds is 5. The molecule has 2 aromatic rings. The normalized spacial score (nSPS) is 16.5. The van der Waals surface area contributed by atoms with E-state index in [-0.39, 0.29) is 11.9 Å². The first-order valence-electron chi connectivity index (χ1n) is 8.50. The Hall–Kier alpha value is -2.29. The molecule has 3 heteroatoms. The van der Waals surface area contributed by atoms with Crippen LogP contribution in [0.1, 0.15) is 32.1 Å². The number of carbonyl (C=O) groups excluding carboxylic acids is 1. The lowest BCUT2D eigenvalue weighted by molar-refractivity contribution is -0.118. The zero-order valence-electron chi connectivity index (χ0n) is 13.4. The fourth-order valence-electron chi connectivity index (χ4n) is 3.32. The minimum Gasteiger partial charge on any atom is -0.373 e. The second kappa shape index (κ2) is 7.82. The van der Waals surface area contributed by atoms with E-state index in [0.29, 0.717) is 5.92 Å². The third-order valence-corrected chi connectivity index (χ3v) is 4.54. The van der Waals surface area contributed by atoms with Crippen LogP contribution in [0.15, 0.2) is 60.7 Å². The molecule has 23 heavy (non-hydrogen) atoms. The minimum absolute atomic E-state index is 0.0620. The maximum Gasteiger partial charge on any atom is 0.247 e. The van der Waals surface area contributed by atoms with Crippen molar-refractivity contribution < 1.29 is 4.79 Å². The van der Waals surface area contributed by atoms with Crippen LogP contribution < -0.4 is 10.6 Å². The van der Waals surface area contributed by atoms with Gasteiger partial charge in [0.1, 0.15) is 6.04 Å². The van der Waals surface area contributed by atoms with E-state index in [4.69, 9.17) is 0 Å². The van der Waals surface area contributed by atoms with Gasteiger partial charge in [0.25, 0.3) is 0 Å². The summed E-state index contributed by atoms with van der Waals surface area (Å²) in [7, 11) is 0. The van der Waals surface area contributed by atoms with Crippen molar-refractivity contribution in [1.29, 1.82) is 0 Å². The monoisotopic (exact) mass is 308 g/mol. The van der Waals surface area contributed by atoms with Crippen molar-refractivity contribution in [2.75, 3.05) is 10.6 Å². The van der Waals surface area contributed by atoms with Gasteiger partial charge in [-0.05, 0) is 43.0 Å². The van der Waals surface area contributed by atoms with E-state index in [0.717, 1.165) is 24.2 Å². The maximum absolute atomic E-state index is 12.8. The molecule has 0 spiro atoms. The second-order valence-electron chi connectivity index (χ2n) is 6.24. The Balaban J connectivity index is 1.74. The zero-order chi connectivity index (χ0) is 15.9. The van der Waals surface area contributed by atoms with Crippen molar-refractivity contribution in [3.05, 3.63) is 60.7 Å². The van der Waals surface area contributed by atoms with Gasteiger partial charge in [-0.3, -0.25) is 4.79 Å². The smallest absolute Gasteiger partial charge is 0.247 e. The van der Waals surface area contributed by atoms with Crippen molar-refractivity contribution in [3.8, 4) is 0 Å². The number of anilines is 2. The highest BCUT2D eigenvalue weighted by molar-refractivity contribution is 5.96. The molecule has 0 heterocycles. The molecule has 0 aliphatic heterocycles. The van der Waals surface area contributed by atoms with Crippen LogP contribution in [-0.4, -0.2) is 11.9 Å². The number of hydrogen-bond donors (Lipinski definition) is 2. The highest BCUT2D eigenvalue weighted by Gasteiger charge is 2.29. The predicted molar refractivity (Wildman–Crippen MR) is 95.5 cm³/mol. The van der Waals surface area contributed by atoms with E-state index < -0.39 is 0 Å². The average Bonchev–Trinajstić information content (AvgIpc) is 2.62. The number of carbonyl (C=O) groups is 1. The van der Waals surface area contributed by atoms with E-state index in [1.165, 1.54) is 19.3 Å². The first-order chi connectivity index (χ1) is 11.3. The van der Waals surface area contributed by atoms with Crippen LogP contribution in [0.25, 0.3) is 0 Å². The lowest BCUT2D eigenvalue weighted by Crippen LogP contribution is -2.41. The van der Waals surface area contributed by atoms with Crippen LogP contribution in [0.3, 0.4) is 0 Å². The SMILES string of the molecule is O=C(Nc1ccccc1)C(Nc1ccccc1)C1CCCCC1. The number of benzene rings is 2. The Bertz CT molecular complexity index is 606. The maximum atomic E-state index is 12.8. The van der Waals surface area contributed by atoms with Gasteiger partial charge in [0.05, 0.1) is 0 Å². The van der Waals surface area contributed by atoms with Gasteiger partial charge < -0.3 is 10.6 Å². The van der Waals surface area contributed by atoms with E-state index in [2.05, 4.69) is 10.6 Å². The Kier molecular flexibility index (Phi) is 5.30. The van der Waals surface area contributed by atoms with E-state index >= 15 is 0 Å². The van der Waals surface area contributed by atoms with Gasteiger partial charge in [-0.25, -0.2) is 0 Å². The molecule has 1 atom stereocenters. The molecule has 0 saturated heterocycles. The Morgan fingerprint density at radius 3 is 2.00 bits per heavy atom. The van der Waals surface area contributed by atoms with Crippen molar-refractivity contribution in [1.82, 2.24) is 0 Å². The lowest BCUT2D eigenvalue weighted by Gasteiger charge is -2.30. The Morgan fingerprint density at radius 2 is 1.39 bits per heavy atom. The summed E-state index contributed by atoms with van der Waals surface area (Å²) in [6.07, 6.45) is 5.96. The largest absolute Gasteiger partial charge is 0.373 e. The first-order valence-corrected chi connectivity index (χ1v) is 8.50. The first kappa shape index (κ1) is 15.6. The van der Waals surface area contributed by atoms with Crippen LogP contribution in [0.2, 0.25) is 0 Å². The predicted octanol–water partition coefficient (Wildman–Crippen LogP) is 4.69. The average molecular weight is 308 g/mol. The summed E-state index contributed by atoms with van der Waals surface area (Å²) < 4.78 is 0. The van der Waals surface area contributed by atoms with Gasteiger partial charge >= 0.3 is 0 Å². The van der Waals surface area contributed by atoms with Gasteiger partial charge in [-0.2, -0.15) is 0 Å². The molecule has 2 N–H and O–H groups in total. The van der Waals surface area contributed by atoms with E-state index in [9.17, 15) is 4.79 Å². The summed E-state index contributed by atoms with van der Waals surface area (Å²) in [6, 6.07) is 19.5. The third-order valence-electron chi connectivity index (χ3n) is 4.54. The molecule has 0 bridgehead atoms. The number of hydrogen-bond acceptors (Lipinski definition) is 2. The molecular weight excluding hydrogens is 284 g/mol. The van der Waals surface area contributed by atoms with Crippen LogP contribution in [0, 0.1) is 5.92 Å². The standard InChI is InChI=1S/C20H24N2O/c23-20(22-18-14-8-3-9-15-18)19(16-10-4-1-5-11-16)21-17-12-6-2-7-13-17/h2-3,6-9,12-16,19,21H,1,4-5,10-11H2,(H,22,23). The molecule has 3 nitrogen and oxygen atoms in total. The van der Waals surface area contributed by atoms with Gasteiger partial charge in [-0.1, -0.05) is 55.7 Å². The summed E-state index contributed by atoms with van der Waals surface area (Å²) in [5.74, 6) is 0.458. The number of para-hydroxylation sites is 2. The van der Waals surface area contributed by atoms with Gasteiger partial charge in [-0.15, -0.1) is 0 Å². The van der Waals surface area contributed by atoms with Crippen LogP contribution in [0.4, 0.5) is 11.4 Å². The zero-order valence-corrected chi connectivity index (χ0v) is 13.4. The fourth-order valence-corrected chi connectivity index (χ4v) is 3.32. The molecule has 0 radical (unpaired) electrons. The lowest BCUT2D eigenvalue weighted by atomic mass is 9.83. The minimum atomic E-state index is -0.182. The molecule has 1 unspecified atom stereocenters. The number of amides is 1. The Labute approximate surface area is 138 Å². The highest BCUT2D eigenvalue weighted by atomic mass is 16.2. The summed E-state index contributed by atoms with van der Waals surface area (Å²) in [6.45, 7) is 0. The fraction of sp³-hybridized carbons (Fsp3) is 0.350. The van der Waals surface area contributed by atoms with Crippen molar-refractivity contribution in [3.63, 3.8) is 0 Å². The highest BCUT2D eigenvalue weighted by Crippen LogP contribution is 2.29. The van der Waals surface area contributed by atoms with Crippen molar-refractivity contribution in [2.45, 2.75) is 38.1 Å². The summed E-state index contributed by atoms with van der Waals surface area (Å²) >= 11 is 0. The molecule has 1 saturated carbocycles. The molecule has 1 aliphatic carbocycles. The molecule has 1 fully saturated rings. The van der Waals surface area contributed by atoms with Crippen LogP contribution in [0.5, 0.6) is 0 Å². The summed E-state index contributed by atoms with van der Waals surface area (Å²) in [5, 5.41) is 6.51. The van der Waals surface area contributed by atoms with Crippen molar-refractivity contribution >= 4 is 17.3 Å². The quantitative estimate of drug-likeness (QED) is 0.841. The molecular formula is C20H24N2O. The summed E-state index contributed by atoms with van der Waals surface area (Å²) in [5.41, 5.74) is 1.86.